The maximum Gasteiger partial charge on any atom is 0.326 e. The average molecular weight is 520 g/mol. The number of ether oxygens (including phenoxy) is 1. The zero-order chi connectivity index (χ0) is 19.6. The first kappa shape index (κ1) is 20.5. The van der Waals surface area contributed by atoms with Crippen LogP contribution in [0, 0.1) is 3.57 Å². The van der Waals surface area contributed by atoms with E-state index in [-0.39, 0.29) is 6.03 Å². The van der Waals surface area contributed by atoms with Crippen LogP contribution in [-0.2, 0) is 6.42 Å². The monoisotopic (exact) mass is 519 g/mol. The van der Waals surface area contributed by atoms with Crippen LogP contribution in [0.1, 0.15) is 5.56 Å². The molecule has 0 fully saturated rings. The van der Waals surface area contributed by atoms with Crippen molar-refractivity contribution in [2.24, 2.45) is 0 Å². The van der Waals surface area contributed by atoms with E-state index in [2.05, 4.69) is 38.9 Å². The molecule has 0 bridgehead atoms. The highest BCUT2D eigenvalue weighted by Gasteiger charge is 2.27. The van der Waals surface area contributed by atoms with Gasteiger partial charge in [0, 0.05) is 19.2 Å². The van der Waals surface area contributed by atoms with Gasteiger partial charge in [-0.05, 0) is 66.9 Å². The highest BCUT2D eigenvalue weighted by molar-refractivity contribution is 14.1. The van der Waals surface area contributed by atoms with E-state index in [4.69, 9.17) is 27.9 Å². The summed E-state index contributed by atoms with van der Waals surface area (Å²) in [6.07, 6.45) is 0.806. The number of nitrogens with one attached hydrogen (secondary N) is 1. The molecule has 0 unspecified atom stereocenters. The van der Waals surface area contributed by atoms with Crippen molar-refractivity contribution in [3.8, 4) is 5.75 Å². The van der Waals surface area contributed by atoms with Crippen molar-refractivity contribution in [2.75, 3.05) is 44.0 Å². The molecule has 1 N–H and O–H groups in total. The fourth-order valence-electron chi connectivity index (χ4n) is 2.83. The lowest BCUT2D eigenvalue weighted by Gasteiger charge is -2.20. The molecule has 144 valence electrons. The third-order valence-electron chi connectivity index (χ3n) is 4.26. The second kappa shape index (κ2) is 8.86. The summed E-state index contributed by atoms with van der Waals surface area (Å²) < 4.78 is 6.95. The third kappa shape index (κ3) is 4.80. The van der Waals surface area contributed by atoms with Crippen molar-refractivity contribution in [1.82, 2.24) is 4.90 Å². The largest absolute Gasteiger partial charge is 0.491 e. The van der Waals surface area contributed by atoms with E-state index in [1.807, 2.05) is 20.2 Å². The zero-order valence-electron chi connectivity index (χ0n) is 15.1. The van der Waals surface area contributed by atoms with E-state index in [9.17, 15) is 4.79 Å². The Kier molecular flexibility index (Phi) is 6.73. The lowest BCUT2D eigenvalue weighted by molar-refractivity contribution is 0.257. The van der Waals surface area contributed by atoms with E-state index in [1.165, 1.54) is 0 Å². The molecule has 5 nitrogen and oxygen atoms in total. The number of benzene rings is 2. The number of hydrogen-bond acceptors (Lipinski definition) is 3. The molecule has 2 aromatic rings. The molecule has 0 aliphatic carbocycles. The Hall–Kier alpha value is -1.22. The Bertz CT molecular complexity index is 861. The number of hydrogen-bond donors (Lipinski definition) is 1. The SMILES string of the molecule is CN(C)CCOc1cc2c(cc1I)CCN2C(=O)Nc1cccc(Cl)c1Cl. The summed E-state index contributed by atoms with van der Waals surface area (Å²) in [5, 5.41) is 3.59. The second-order valence-corrected chi connectivity index (χ2v) is 8.44. The van der Waals surface area contributed by atoms with Crippen LogP contribution < -0.4 is 15.0 Å². The molecule has 8 heteroatoms. The Labute approximate surface area is 182 Å². The fraction of sp³-hybridized carbons (Fsp3) is 0.316. The maximum atomic E-state index is 12.8. The highest BCUT2D eigenvalue weighted by Crippen LogP contribution is 2.36. The van der Waals surface area contributed by atoms with E-state index in [0.717, 1.165) is 33.5 Å². The summed E-state index contributed by atoms with van der Waals surface area (Å²) in [4.78, 5) is 16.6. The van der Waals surface area contributed by atoms with Crippen molar-refractivity contribution in [3.63, 3.8) is 0 Å². The summed E-state index contributed by atoms with van der Waals surface area (Å²) >= 11 is 14.5. The summed E-state index contributed by atoms with van der Waals surface area (Å²) in [6.45, 7) is 2.02. The van der Waals surface area contributed by atoms with Crippen LogP contribution in [0.2, 0.25) is 10.0 Å². The van der Waals surface area contributed by atoms with Crippen molar-refractivity contribution in [1.29, 1.82) is 0 Å². The van der Waals surface area contributed by atoms with Crippen molar-refractivity contribution < 1.29 is 9.53 Å². The summed E-state index contributed by atoms with van der Waals surface area (Å²) in [7, 11) is 4.01. The minimum atomic E-state index is -0.238. The molecule has 27 heavy (non-hydrogen) atoms. The Morgan fingerprint density at radius 1 is 1.33 bits per heavy atom. The predicted molar refractivity (Wildman–Crippen MR) is 120 cm³/mol. The van der Waals surface area contributed by atoms with Gasteiger partial charge < -0.3 is 15.0 Å². The van der Waals surface area contributed by atoms with E-state index < -0.39 is 0 Å². The van der Waals surface area contributed by atoms with Crippen LogP contribution >= 0.6 is 45.8 Å². The van der Waals surface area contributed by atoms with Gasteiger partial charge in [-0.2, -0.15) is 0 Å². The van der Waals surface area contributed by atoms with Gasteiger partial charge in [-0.3, -0.25) is 4.90 Å². The number of carbonyl (C=O) groups is 1. The molecule has 1 heterocycles. The fourth-order valence-corrected chi connectivity index (χ4v) is 3.87. The Morgan fingerprint density at radius 3 is 2.85 bits per heavy atom. The molecular weight excluding hydrogens is 500 g/mol. The van der Waals surface area contributed by atoms with Gasteiger partial charge in [-0.1, -0.05) is 29.3 Å². The van der Waals surface area contributed by atoms with E-state index in [1.54, 1.807) is 23.1 Å². The van der Waals surface area contributed by atoms with Gasteiger partial charge in [0.2, 0.25) is 0 Å². The van der Waals surface area contributed by atoms with Gasteiger partial charge >= 0.3 is 6.03 Å². The number of likely N-dealkylation sites (N-methyl/N-ethyl adjacent to an activating group) is 1. The van der Waals surface area contributed by atoms with Gasteiger partial charge in [0.05, 0.1) is 25.0 Å². The average Bonchev–Trinajstić information content (AvgIpc) is 3.01. The molecule has 1 aliphatic rings. The molecule has 0 saturated heterocycles. The molecule has 2 amide bonds. The lowest BCUT2D eigenvalue weighted by Crippen LogP contribution is -2.33. The van der Waals surface area contributed by atoms with Gasteiger partial charge in [0.1, 0.15) is 12.4 Å². The molecule has 0 saturated carbocycles. The van der Waals surface area contributed by atoms with Crippen LogP contribution in [0.25, 0.3) is 0 Å². The summed E-state index contributed by atoms with van der Waals surface area (Å²) in [5.74, 6) is 0.789. The van der Waals surface area contributed by atoms with Crippen LogP contribution in [0.3, 0.4) is 0 Å². The number of rotatable bonds is 5. The third-order valence-corrected chi connectivity index (χ3v) is 5.93. The minimum Gasteiger partial charge on any atom is -0.491 e. The van der Waals surface area contributed by atoms with Crippen molar-refractivity contribution in [3.05, 3.63) is 49.5 Å². The molecule has 0 aromatic heterocycles. The zero-order valence-corrected chi connectivity index (χ0v) is 18.7. The molecule has 1 aliphatic heterocycles. The smallest absolute Gasteiger partial charge is 0.326 e. The highest BCUT2D eigenvalue weighted by atomic mass is 127. The van der Waals surface area contributed by atoms with Gasteiger partial charge in [0.15, 0.2) is 0 Å². The first-order chi connectivity index (χ1) is 12.9. The number of carbonyl (C=O) groups excluding carboxylic acids is 1. The van der Waals surface area contributed by atoms with E-state index in [0.29, 0.717) is 28.9 Å². The number of halogens is 3. The van der Waals surface area contributed by atoms with Gasteiger partial charge in [-0.15, -0.1) is 0 Å². The topological polar surface area (TPSA) is 44.8 Å². The van der Waals surface area contributed by atoms with Crippen LogP contribution in [0.4, 0.5) is 16.2 Å². The number of anilines is 2. The number of amides is 2. The Balaban J connectivity index is 1.78. The maximum absolute atomic E-state index is 12.8. The molecule has 0 radical (unpaired) electrons. The second-order valence-electron chi connectivity index (χ2n) is 6.50. The van der Waals surface area contributed by atoms with Gasteiger partial charge in [-0.25, -0.2) is 4.79 Å². The van der Waals surface area contributed by atoms with Gasteiger partial charge in [0.25, 0.3) is 0 Å². The van der Waals surface area contributed by atoms with Crippen molar-refractivity contribution >= 4 is 63.2 Å². The number of fused-ring (bicyclic) bond motifs is 1. The molecule has 0 spiro atoms. The van der Waals surface area contributed by atoms with Crippen LogP contribution in [0.15, 0.2) is 30.3 Å². The Morgan fingerprint density at radius 2 is 2.11 bits per heavy atom. The molecule has 3 rings (SSSR count). The van der Waals surface area contributed by atoms with E-state index >= 15 is 0 Å². The quantitative estimate of drug-likeness (QED) is 0.557. The first-order valence-electron chi connectivity index (χ1n) is 8.49. The number of urea groups is 1. The normalized spacial score (nSPS) is 13.0. The van der Waals surface area contributed by atoms with Crippen LogP contribution in [-0.4, -0.2) is 44.7 Å². The summed E-state index contributed by atoms with van der Waals surface area (Å²) in [5.41, 5.74) is 2.49. The van der Waals surface area contributed by atoms with Crippen molar-refractivity contribution in [2.45, 2.75) is 6.42 Å². The molecule has 2 aromatic carbocycles. The number of nitrogens with zero attached hydrogens (tertiary/aromatic N) is 2. The lowest BCUT2D eigenvalue weighted by atomic mass is 10.1. The molecule has 0 atom stereocenters. The standard InChI is InChI=1S/C19H20Cl2IN3O2/c1-24(2)8-9-27-17-11-16-12(10-14(17)22)6-7-25(16)19(26)23-15-5-3-4-13(20)18(15)21/h3-5,10-11H,6-9H2,1-2H3,(H,23,26). The predicted octanol–water partition coefficient (Wildman–Crippen LogP) is 5.13. The van der Waals surface area contributed by atoms with Crippen LogP contribution in [0.5, 0.6) is 5.75 Å². The molecular formula is C19H20Cl2IN3O2. The summed E-state index contributed by atoms with van der Waals surface area (Å²) in [6, 6.07) is 8.95. The first-order valence-corrected chi connectivity index (χ1v) is 10.3. The minimum absolute atomic E-state index is 0.238.